The van der Waals surface area contributed by atoms with Gasteiger partial charge in [-0.05, 0) is 0 Å². The van der Waals surface area contributed by atoms with Crippen LogP contribution in [0, 0.1) is 11.3 Å². The molecule has 0 heterocycles. The molecule has 0 aliphatic heterocycles. The average molecular weight is 215 g/mol. The van der Waals surface area contributed by atoms with Gasteiger partial charge in [0.2, 0.25) is 0 Å². The van der Waals surface area contributed by atoms with E-state index >= 15 is 0 Å². The van der Waals surface area contributed by atoms with Crippen molar-refractivity contribution in [3.8, 4) is 0 Å². The van der Waals surface area contributed by atoms with Gasteiger partial charge in [-0.15, -0.1) is 0 Å². The molecule has 2 atom stereocenters. The minimum Gasteiger partial charge on any atom is -0.500 e. The predicted molar refractivity (Wildman–Crippen MR) is 55.9 cm³/mol. The number of hydrogen-bond donors (Lipinski definition) is 1. The molecule has 0 radical (unpaired) electrons. The Balaban J connectivity index is 4.72. The standard InChI is InChI=1S/C10H17NO4/c1-7(9(6-11)14-3)8(13-2)5-10(12)15-4/h5-7,9,11H,1-4H3/b8-5+,11-6?. The molecular weight excluding hydrogens is 198 g/mol. The zero-order valence-corrected chi connectivity index (χ0v) is 9.44. The lowest BCUT2D eigenvalue weighted by molar-refractivity contribution is -0.135. The largest absolute Gasteiger partial charge is 0.500 e. The molecular formula is C10H17NO4. The van der Waals surface area contributed by atoms with Crippen LogP contribution in [0.2, 0.25) is 0 Å². The maximum atomic E-state index is 11.0. The van der Waals surface area contributed by atoms with Gasteiger partial charge in [0.25, 0.3) is 0 Å². The molecule has 0 rings (SSSR count). The molecule has 1 N–H and O–H groups in total. The highest BCUT2D eigenvalue weighted by atomic mass is 16.5. The molecule has 0 spiro atoms. The quantitative estimate of drug-likeness (QED) is 0.310. The van der Waals surface area contributed by atoms with Crippen molar-refractivity contribution < 1.29 is 19.0 Å². The van der Waals surface area contributed by atoms with Crippen LogP contribution in [0.5, 0.6) is 0 Å². The topological polar surface area (TPSA) is 68.6 Å². The van der Waals surface area contributed by atoms with Crippen LogP contribution in [-0.4, -0.2) is 39.6 Å². The smallest absolute Gasteiger partial charge is 0.333 e. The summed E-state index contributed by atoms with van der Waals surface area (Å²) >= 11 is 0. The van der Waals surface area contributed by atoms with Crippen LogP contribution in [0.4, 0.5) is 0 Å². The van der Waals surface area contributed by atoms with Gasteiger partial charge in [-0.2, -0.15) is 0 Å². The Hall–Kier alpha value is -1.36. The number of carbonyl (C=O) groups excluding carboxylic acids is 1. The monoisotopic (exact) mass is 215 g/mol. The second-order valence-electron chi connectivity index (χ2n) is 2.93. The second kappa shape index (κ2) is 7.00. The summed E-state index contributed by atoms with van der Waals surface area (Å²) in [5.74, 6) is -0.271. The van der Waals surface area contributed by atoms with Crippen LogP contribution in [0.25, 0.3) is 0 Å². The Labute approximate surface area is 89.5 Å². The molecule has 0 amide bonds. The van der Waals surface area contributed by atoms with Crippen LogP contribution < -0.4 is 0 Å². The zero-order chi connectivity index (χ0) is 11.8. The van der Waals surface area contributed by atoms with E-state index in [-0.39, 0.29) is 5.92 Å². The zero-order valence-electron chi connectivity index (χ0n) is 9.44. The fourth-order valence-electron chi connectivity index (χ4n) is 1.13. The first-order chi connectivity index (χ1) is 7.10. The summed E-state index contributed by atoms with van der Waals surface area (Å²) in [4.78, 5) is 11.0. The Kier molecular flexibility index (Phi) is 6.37. The lowest BCUT2D eigenvalue weighted by Crippen LogP contribution is -2.24. The number of rotatable bonds is 6. The van der Waals surface area contributed by atoms with Crippen molar-refractivity contribution in [3.05, 3.63) is 11.8 Å². The van der Waals surface area contributed by atoms with Crippen molar-refractivity contribution in [2.75, 3.05) is 21.3 Å². The molecule has 0 aromatic heterocycles. The summed E-state index contributed by atoms with van der Waals surface area (Å²) in [6.45, 7) is 1.80. The second-order valence-corrected chi connectivity index (χ2v) is 2.93. The van der Waals surface area contributed by atoms with Crippen molar-refractivity contribution in [1.82, 2.24) is 0 Å². The first-order valence-corrected chi connectivity index (χ1v) is 4.47. The van der Waals surface area contributed by atoms with E-state index in [1.165, 1.54) is 27.4 Å². The van der Waals surface area contributed by atoms with Gasteiger partial charge in [0.1, 0.15) is 11.9 Å². The summed E-state index contributed by atoms with van der Waals surface area (Å²) in [6, 6.07) is 0. The van der Waals surface area contributed by atoms with Crippen LogP contribution in [0.3, 0.4) is 0 Å². The maximum Gasteiger partial charge on any atom is 0.333 e. The van der Waals surface area contributed by atoms with E-state index in [1.54, 1.807) is 6.92 Å². The fourth-order valence-corrected chi connectivity index (χ4v) is 1.13. The number of nitrogens with one attached hydrogen (secondary N) is 1. The van der Waals surface area contributed by atoms with Gasteiger partial charge < -0.3 is 19.6 Å². The van der Waals surface area contributed by atoms with Crippen LogP contribution in [0.1, 0.15) is 6.92 Å². The fraction of sp³-hybridized carbons (Fsp3) is 0.600. The molecule has 0 bridgehead atoms. The number of esters is 1. The highest BCUT2D eigenvalue weighted by Gasteiger charge is 2.20. The van der Waals surface area contributed by atoms with Gasteiger partial charge in [0.15, 0.2) is 0 Å². The Morgan fingerprint density at radius 1 is 1.27 bits per heavy atom. The van der Waals surface area contributed by atoms with Crippen molar-refractivity contribution in [2.24, 2.45) is 5.92 Å². The van der Waals surface area contributed by atoms with Gasteiger partial charge in [0.05, 0.1) is 20.3 Å². The SMILES string of the molecule is COC(=O)/C=C(/OC)C(C)C(C=N)OC. The molecule has 0 aromatic rings. The predicted octanol–water partition coefficient (Wildman–Crippen LogP) is 0.990. The molecule has 5 nitrogen and oxygen atoms in total. The summed E-state index contributed by atoms with van der Waals surface area (Å²) in [6.07, 6.45) is 2.00. The van der Waals surface area contributed by atoms with Crippen molar-refractivity contribution in [2.45, 2.75) is 13.0 Å². The number of ether oxygens (including phenoxy) is 3. The highest BCUT2D eigenvalue weighted by molar-refractivity contribution is 5.82. The third-order valence-corrected chi connectivity index (χ3v) is 2.08. The lowest BCUT2D eigenvalue weighted by atomic mass is 10.0. The van der Waals surface area contributed by atoms with E-state index in [9.17, 15) is 4.79 Å². The molecule has 2 unspecified atom stereocenters. The van der Waals surface area contributed by atoms with Gasteiger partial charge in [-0.25, -0.2) is 4.79 Å². The Bertz CT molecular complexity index is 250. The molecule has 5 heteroatoms. The number of methoxy groups -OCH3 is 3. The summed E-state index contributed by atoms with van der Waals surface area (Å²) in [7, 11) is 4.25. The Morgan fingerprint density at radius 3 is 2.20 bits per heavy atom. The molecule has 0 aliphatic rings. The summed E-state index contributed by atoms with van der Waals surface area (Å²) < 4.78 is 14.6. The summed E-state index contributed by atoms with van der Waals surface area (Å²) in [5.41, 5.74) is 0. The molecule has 0 saturated heterocycles. The molecule has 15 heavy (non-hydrogen) atoms. The van der Waals surface area contributed by atoms with Crippen LogP contribution in [-0.2, 0) is 19.0 Å². The van der Waals surface area contributed by atoms with Gasteiger partial charge >= 0.3 is 5.97 Å². The normalized spacial score (nSPS) is 15.3. The number of hydrogen-bond acceptors (Lipinski definition) is 5. The molecule has 0 saturated carbocycles. The average Bonchev–Trinajstić information content (AvgIpc) is 2.26. The minimum atomic E-state index is -0.487. The van der Waals surface area contributed by atoms with Crippen molar-refractivity contribution in [1.29, 1.82) is 5.41 Å². The summed E-state index contributed by atoms with van der Waals surface area (Å²) in [5, 5.41) is 7.14. The van der Waals surface area contributed by atoms with Crippen LogP contribution in [0.15, 0.2) is 11.8 Å². The Morgan fingerprint density at radius 2 is 1.87 bits per heavy atom. The number of carbonyl (C=O) groups is 1. The van der Waals surface area contributed by atoms with Crippen molar-refractivity contribution >= 4 is 12.2 Å². The maximum absolute atomic E-state index is 11.0. The van der Waals surface area contributed by atoms with Gasteiger partial charge in [-0.1, -0.05) is 6.92 Å². The van der Waals surface area contributed by atoms with Gasteiger partial charge in [-0.3, -0.25) is 0 Å². The van der Waals surface area contributed by atoms with Gasteiger partial charge in [0, 0.05) is 19.2 Å². The molecule has 0 fully saturated rings. The first-order valence-electron chi connectivity index (χ1n) is 4.47. The van der Waals surface area contributed by atoms with E-state index in [0.29, 0.717) is 5.76 Å². The molecule has 86 valence electrons. The van der Waals surface area contributed by atoms with Crippen LogP contribution >= 0.6 is 0 Å². The van der Waals surface area contributed by atoms with E-state index in [0.717, 1.165) is 6.21 Å². The van der Waals surface area contributed by atoms with Crippen molar-refractivity contribution in [3.63, 3.8) is 0 Å². The van der Waals surface area contributed by atoms with E-state index < -0.39 is 12.1 Å². The molecule has 0 aromatic carbocycles. The lowest BCUT2D eigenvalue weighted by Gasteiger charge is -2.20. The minimum absolute atomic E-state index is 0.211. The van der Waals surface area contributed by atoms with E-state index in [2.05, 4.69) is 4.74 Å². The van der Waals surface area contributed by atoms with E-state index in [4.69, 9.17) is 14.9 Å². The third kappa shape index (κ3) is 4.12. The molecule has 0 aliphatic carbocycles. The third-order valence-electron chi connectivity index (χ3n) is 2.08. The highest BCUT2D eigenvalue weighted by Crippen LogP contribution is 2.16. The van der Waals surface area contributed by atoms with E-state index in [1.807, 2.05) is 0 Å². The first kappa shape index (κ1) is 13.6.